The van der Waals surface area contributed by atoms with Crippen molar-refractivity contribution in [1.29, 1.82) is 5.26 Å². The average molecular weight is 245 g/mol. The Labute approximate surface area is 106 Å². The van der Waals surface area contributed by atoms with Gasteiger partial charge < -0.3 is 15.4 Å². The molecule has 2 rings (SSSR count). The number of rotatable bonds is 2. The number of benzene rings is 1. The summed E-state index contributed by atoms with van der Waals surface area (Å²) in [5.74, 6) is 0.374. The van der Waals surface area contributed by atoms with Crippen LogP contribution in [0.15, 0.2) is 18.2 Å². The molecule has 1 aliphatic rings. The molecule has 1 aliphatic heterocycles. The van der Waals surface area contributed by atoms with Gasteiger partial charge in [-0.15, -0.1) is 0 Å². The van der Waals surface area contributed by atoms with Gasteiger partial charge in [0.15, 0.2) is 0 Å². The SMILES string of the molecule is COc1cccc(C#N)c1N1CCCC(N)C1=O. The van der Waals surface area contributed by atoms with E-state index >= 15 is 0 Å². The Morgan fingerprint density at radius 2 is 2.33 bits per heavy atom. The highest BCUT2D eigenvalue weighted by Gasteiger charge is 2.30. The standard InChI is InChI=1S/C13H15N3O2/c1-18-11-6-2-4-9(8-14)12(11)16-7-3-5-10(15)13(16)17/h2,4,6,10H,3,5,7,15H2,1H3. The van der Waals surface area contributed by atoms with Crippen molar-refractivity contribution >= 4 is 11.6 Å². The lowest BCUT2D eigenvalue weighted by atomic mass is 10.0. The van der Waals surface area contributed by atoms with E-state index in [1.807, 2.05) is 0 Å². The molecule has 1 aromatic rings. The highest BCUT2D eigenvalue weighted by molar-refractivity contribution is 6.00. The van der Waals surface area contributed by atoms with Gasteiger partial charge in [-0.05, 0) is 25.0 Å². The number of ether oxygens (including phenoxy) is 1. The molecule has 2 N–H and O–H groups in total. The molecule has 1 unspecified atom stereocenters. The molecular weight excluding hydrogens is 230 g/mol. The van der Waals surface area contributed by atoms with Gasteiger partial charge in [-0.3, -0.25) is 4.79 Å². The van der Waals surface area contributed by atoms with Crippen molar-refractivity contribution in [2.24, 2.45) is 5.73 Å². The van der Waals surface area contributed by atoms with Crippen LogP contribution in [0, 0.1) is 11.3 Å². The first kappa shape index (κ1) is 12.4. The topological polar surface area (TPSA) is 79.3 Å². The van der Waals surface area contributed by atoms with Crippen molar-refractivity contribution in [2.75, 3.05) is 18.6 Å². The molecule has 0 aliphatic carbocycles. The second kappa shape index (κ2) is 5.07. The zero-order valence-electron chi connectivity index (χ0n) is 10.2. The van der Waals surface area contributed by atoms with Gasteiger partial charge in [-0.25, -0.2) is 0 Å². The van der Waals surface area contributed by atoms with Crippen LogP contribution in [0.4, 0.5) is 5.69 Å². The largest absolute Gasteiger partial charge is 0.495 e. The third kappa shape index (κ3) is 2.03. The van der Waals surface area contributed by atoms with Crippen LogP contribution < -0.4 is 15.4 Å². The predicted octanol–water partition coefficient (Wildman–Crippen LogP) is 1.02. The Hall–Kier alpha value is -2.06. The summed E-state index contributed by atoms with van der Waals surface area (Å²) in [6.07, 6.45) is 1.52. The Balaban J connectivity index is 2.49. The third-order valence-corrected chi connectivity index (χ3v) is 3.09. The summed E-state index contributed by atoms with van der Waals surface area (Å²) < 4.78 is 5.24. The van der Waals surface area contributed by atoms with Gasteiger partial charge in [-0.2, -0.15) is 5.26 Å². The fraction of sp³-hybridized carbons (Fsp3) is 0.385. The Bertz CT molecular complexity index is 507. The minimum atomic E-state index is -0.491. The number of carbonyl (C=O) groups is 1. The number of anilines is 1. The lowest BCUT2D eigenvalue weighted by Gasteiger charge is -2.31. The van der Waals surface area contributed by atoms with Gasteiger partial charge in [0.05, 0.1) is 18.7 Å². The van der Waals surface area contributed by atoms with Gasteiger partial charge in [0.25, 0.3) is 0 Å². The molecule has 18 heavy (non-hydrogen) atoms. The first-order valence-corrected chi connectivity index (χ1v) is 5.83. The Morgan fingerprint density at radius 1 is 1.56 bits per heavy atom. The van der Waals surface area contributed by atoms with E-state index in [9.17, 15) is 4.79 Å². The second-order valence-electron chi connectivity index (χ2n) is 4.21. The highest BCUT2D eigenvalue weighted by Crippen LogP contribution is 2.33. The molecule has 1 amide bonds. The molecule has 1 saturated heterocycles. The first-order valence-electron chi connectivity index (χ1n) is 5.83. The summed E-state index contributed by atoms with van der Waals surface area (Å²) in [5, 5.41) is 9.15. The van der Waals surface area contributed by atoms with Gasteiger partial charge >= 0.3 is 0 Å². The van der Waals surface area contributed by atoms with E-state index < -0.39 is 6.04 Å². The van der Waals surface area contributed by atoms with E-state index in [1.165, 1.54) is 7.11 Å². The predicted molar refractivity (Wildman–Crippen MR) is 67.3 cm³/mol. The van der Waals surface area contributed by atoms with Crippen LogP contribution in [0.1, 0.15) is 18.4 Å². The van der Waals surface area contributed by atoms with Crippen LogP contribution in [0.2, 0.25) is 0 Å². The maximum Gasteiger partial charge on any atom is 0.244 e. The number of nitrogens with two attached hydrogens (primary N) is 1. The number of nitriles is 1. The van der Waals surface area contributed by atoms with Gasteiger partial charge in [0, 0.05) is 6.54 Å². The Morgan fingerprint density at radius 3 is 3.00 bits per heavy atom. The summed E-state index contributed by atoms with van der Waals surface area (Å²) in [4.78, 5) is 13.7. The van der Waals surface area contributed by atoms with E-state index in [0.717, 1.165) is 6.42 Å². The number of hydrogen-bond acceptors (Lipinski definition) is 4. The average Bonchev–Trinajstić information content (AvgIpc) is 2.41. The smallest absolute Gasteiger partial charge is 0.244 e. The molecule has 0 bridgehead atoms. The van der Waals surface area contributed by atoms with Crippen molar-refractivity contribution in [3.8, 4) is 11.8 Å². The summed E-state index contributed by atoms with van der Waals surface area (Å²) >= 11 is 0. The highest BCUT2D eigenvalue weighted by atomic mass is 16.5. The molecular formula is C13H15N3O2. The van der Waals surface area contributed by atoms with E-state index in [2.05, 4.69) is 6.07 Å². The number of hydrogen-bond donors (Lipinski definition) is 1. The van der Waals surface area contributed by atoms with E-state index in [1.54, 1.807) is 23.1 Å². The molecule has 5 nitrogen and oxygen atoms in total. The summed E-state index contributed by atoms with van der Waals surface area (Å²) in [7, 11) is 1.52. The van der Waals surface area contributed by atoms with Crippen LogP contribution in [0.3, 0.4) is 0 Å². The molecule has 94 valence electrons. The van der Waals surface area contributed by atoms with Gasteiger partial charge in [0.2, 0.25) is 5.91 Å². The fourth-order valence-electron chi connectivity index (χ4n) is 2.18. The molecule has 1 fully saturated rings. The molecule has 0 aromatic heterocycles. The number of methoxy groups -OCH3 is 1. The second-order valence-corrected chi connectivity index (χ2v) is 4.21. The van der Waals surface area contributed by atoms with Crippen LogP contribution in [-0.4, -0.2) is 25.6 Å². The van der Waals surface area contributed by atoms with E-state index in [4.69, 9.17) is 15.7 Å². The molecule has 1 aromatic carbocycles. The monoisotopic (exact) mass is 245 g/mol. The number of piperidine rings is 1. The van der Waals surface area contributed by atoms with Crippen LogP contribution in [-0.2, 0) is 4.79 Å². The van der Waals surface area contributed by atoms with Gasteiger partial charge in [-0.1, -0.05) is 6.07 Å². The van der Waals surface area contributed by atoms with Crippen molar-refractivity contribution in [2.45, 2.75) is 18.9 Å². The summed E-state index contributed by atoms with van der Waals surface area (Å²) in [6.45, 7) is 0.571. The quantitative estimate of drug-likeness (QED) is 0.843. The lowest BCUT2D eigenvalue weighted by molar-refractivity contribution is -0.120. The molecule has 1 heterocycles. The number of para-hydroxylation sites is 1. The summed E-state index contributed by atoms with van der Waals surface area (Å²) in [5.41, 5.74) is 6.73. The normalized spacial score (nSPS) is 19.5. The van der Waals surface area contributed by atoms with E-state index in [0.29, 0.717) is 30.0 Å². The molecule has 0 spiro atoms. The maximum absolute atomic E-state index is 12.1. The maximum atomic E-state index is 12.1. The molecule has 0 radical (unpaired) electrons. The Kier molecular flexibility index (Phi) is 3.49. The third-order valence-electron chi connectivity index (χ3n) is 3.09. The first-order chi connectivity index (χ1) is 8.69. The minimum Gasteiger partial charge on any atom is -0.495 e. The zero-order chi connectivity index (χ0) is 13.1. The zero-order valence-corrected chi connectivity index (χ0v) is 10.2. The molecule has 1 atom stereocenters. The fourth-order valence-corrected chi connectivity index (χ4v) is 2.18. The van der Waals surface area contributed by atoms with Crippen LogP contribution in [0.25, 0.3) is 0 Å². The summed E-state index contributed by atoms with van der Waals surface area (Å²) in [6, 6.07) is 6.74. The lowest BCUT2D eigenvalue weighted by Crippen LogP contribution is -2.48. The van der Waals surface area contributed by atoms with Crippen molar-refractivity contribution in [3.63, 3.8) is 0 Å². The molecule has 0 saturated carbocycles. The molecule has 5 heteroatoms. The number of nitrogens with zero attached hydrogens (tertiary/aromatic N) is 2. The number of amides is 1. The minimum absolute atomic E-state index is 0.151. The van der Waals surface area contributed by atoms with Gasteiger partial charge in [0.1, 0.15) is 17.5 Å². The van der Waals surface area contributed by atoms with Crippen LogP contribution in [0.5, 0.6) is 5.75 Å². The van der Waals surface area contributed by atoms with Crippen LogP contribution >= 0.6 is 0 Å². The number of carbonyl (C=O) groups excluding carboxylic acids is 1. The van der Waals surface area contributed by atoms with E-state index in [-0.39, 0.29) is 5.91 Å². The van der Waals surface area contributed by atoms with Crippen molar-refractivity contribution in [3.05, 3.63) is 23.8 Å². The van der Waals surface area contributed by atoms with Crippen molar-refractivity contribution in [1.82, 2.24) is 0 Å². The van der Waals surface area contributed by atoms with Crippen molar-refractivity contribution < 1.29 is 9.53 Å².